The minimum atomic E-state index is -3.12. The van der Waals surface area contributed by atoms with Gasteiger partial charge in [0.2, 0.25) is 10.0 Å². The lowest BCUT2D eigenvalue weighted by Crippen LogP contribution is -2.45. The van der Waals surface area contributed by atoms with Crippen molar-refractivity contribution in [2.24, 2.45) is 4.99 Å². The Morgan fingerprint density at radius 1 is 1.28 bits per heavy atom. The topological polar surface area (TPSA) is 82.6 Å². The highest BCUT2D eigenvalue weighted by Crippen LogP contribution is 2.19. The molecule has 0 aliphatic heterocycles. The molecule has 6 nitrogen and oxygen atoms in total. The zero-order valence-corrected chi connectivity index (χ0v) is 13.3. The van der Waals surface area contributed by atoms with Gasteiger partial charge in [0.15, 0.2) is 5.96 Å². The third kappa shape index (κ3) is 9.55. The van der Waals surface area contributed by atoms with Gasteiger partial charge in [-0.05, 0) is 20.1 Å². The number of rotatable bonds is 7. The lowest BCUT2D eigenvalue weighted by molar-refractivity contribution is 0.586. The fourth-order valence-corrected chi connectivity index (χ4v) is 1.70. The summed E-state index contributed by atoms with van der Waals surface area (Å²) in [5.41, 5.74) is 0. The molecule has 108 valence electrons. The fraction of sp³-hybridized carbons (Fsp3) is 0.900. The predicted octanol–water partition coefficient (Wildman–Crippen LogP) is -0.158. The van der Waals surface area contributed by atoms with Gasteiger partial charge < -0.3 is 10.6 Å². The molecule has 0 spiro atoms. The van der Waals surface area contributed by atoms with Crippen molar-refractivity contribution in [2.75, 3.05) is 39.2 Å². The highest BCUT2D eigenvalue weighted by atomic mass is 32.2. The van der Waals surface area contributed by atoms with Crippen LogP contribution in [0.5, 0.6) is 0 Å². The van der Waals surface area contributed by atoms with Gasteiger partial charge in [0.25, 0.3) is 0 Å². The zero-order valence-electron chi connectivity index (χ0n) is 11.7. The molecule has 0 fully saturated rings. The largest absolute Gasteiger partial charge is 0.355 e. The first-order valence-corrected chi connectivity index (χ1v) is 8.76. The summed E-state index contributed by atoms with van der Waals surface area (Å²) in [5, 5.41) is 6.24. The molecule has 0 aliphatic rings. The van der Waals surface area contributed by atoms with Crippen molar-refractivity contribution in [3.63, 3.8) is 0 Å². The maximum absolute atomic E-state index is 10.9. The molecule has 18 heavy (non-hydrogen) atoms. The van der Waals surface area contributed by atoms with Gasteiger partial charge in [0.1, 0.15) is 0 Å². The van der Waals surface area contributed by atoms with E-state index in [9.17, 15) is 8.42 Å². The summed E-state index contributed by atoms with van der Waals surface area (Å²) in [5.74, 6) is 0.674. The van der Waals surface area contributed by atoms with Gasteiger partial charge >= 0.3 is 0 Å². The van der Waals surface area contributed by atoms with Crippen molar-refractivity contribution in [3.8, 4) is 0 Å². The second-order valence-electron chi connectivity index (χ2n) is 4.48. The first kappa shape index (κ1) is 17.5. The number of guanidine groups is 1. The molecule has 0 radical (unpaired) electrons. The molecular weight excluding hydrogens is 272 g/mol. The highest BCUT2D eigenvalue weighted by Gasteiger charge is 2.15. The molecule has 0 saturated heterocycles. The number of nitrogens with one attached hydrogen (secondary N) is 3. The van der Waals surface area contributed by atoms with Crippen LogP contribution in [0.4, 0.5) is 0 Å². The Labute approximate surface area is 114 Å². The van der Waals surface area contributed by atoms with Crippen LogP contribution in [-0.4, -0.2) is 58.3 Å². The molecule has 0 aromatic carbocycles. The van der Waals surface area contributed by atoms with Crippen LogP contribution in [0.1, 0.15) is 13.8 Å². The summed E-state index contributed by atoms with van der Waals surface area (Å²) in [6, 6.07) is 0. The van der Waals surface area contributed by atoms with Crippen LogP contribution in [0.2, 0.25) is 0 Å². The predicted molar refractivity (Wildman–Crippen MR) is 79.8 cm³/mol. The van der Waals surface area contributed by atoms with Gasteiger partial charge in [-0.3, -0.25) is 4.99 Å². The van der Waals surface area contributed by atoms with Crippen LogP contribution in [0.15, 0.2) is 4.99 Å². The van der Waals surface area contributed by atoms with Crippen molar-refractivity contribution in [2.45, 2.75) is 18.6 Å². The van der Waals surface area contributed by atoms with E-state index >= 15 is 0 Å². The standard InChI is InChI=1S/C10H24N4O2S2/c1-10(2,17-4)8-13-9(11-3)12-6-7-14-18(5,15)16/h14H,6-8H2,1-5H3,(H2,11,12,13). The molecule has 0 rings (SSSR count). The van der Waals surface area contributed by atoms with Crippen molar-refractivity contribution >= 4 is 27.7 Å². The summed E-state index contributed by atoms with van der Waals surface area (Å²) in [6.45, 7) is 5.90. The summed E-state index contributed by atoms with van der Waals surface area (Å²) >= 11 is 1.77. The Bertz CT molecular complexity index is 366. The molecule has 0 aromatic rings. The second-order valence-corrected chi connectivity index (χ2v) is 7.83. The Kier molecular flexibility index (Phi) is 7.65. The monoisotopic (exact) mass is 296 g/mol. The number of hydrogen-bond acceptors (Lipinski definition) is 4. The average Bonchev–Trinajstić information content (AvgIpc) is 2.27. The highest BCUT2D eigenvalue weighted by molar-refractivity contribution is 7.99. The van der Waals surface area contributed by atoms with E-state index in [4.69, 9.17) is 0 Å². The van der Waals surface area contributed by atoms with E-state index in [-0.39, 0.29) is 4.75 Å². The van der Waals surface area contributed by atoms with E-state index in [1.54, 1.807) is 18.8 Å². The Morgan fingerprint density at radius 2 is 1.89 bits per heavy atom. The van der Waals surface area contributed by atoms with Crippen molar-refractivity contribution < 1.29 is 8.42 Å². The minimum Gasteiger partial charge on any atom is -0.355 e. The van der Waals surface area contributed by atoms with Gasteiger partial charge in [-0.2, -0.15) is 11.8 Å². The maximum atomic E-state index is 10.9. The molecule has 0 aliphatic carbocycles. The minimum absolute atomic E-state index is 0.128. The van der Waals surface area contributed by atoms with Gasteiger partial charge in [-0.15, -0.1) is 0 Å². The van der Waals surface area contributed by atoms with Gasteiger partial charge in [0.05, 0.1) is 6.26 Å². The van der Waals surface area contributed by atoms with Gasteiger partial charge in [-0.1, -0.05) is 0 Å². The lowest BCUT2D eigenvalue weighted by atomic mass is 10.2. The molecule has 0 saturated carbocycles. The van der Waals surface area contributed by atoms with E-state index in [0.29, 0.717) is 19.0 Å². The molecular formula is C10H24N4O2S2. The third-order valence-electron chi connectivity index (χ3n) is 2.24. The van der Waals surface area contributed by atoms with Crippen LogP contribution < -0.4 is 15.4 Å². The molecule has 0 aromatic heterocycles. The maximum Gasteiger partial charge on any atom is 0.208 e. The molecule has 8 heteroatoms. The Morgan fingerprint density at radius 3 is 2.33 bits per heavy atom. The van der Waals surface area contributed by atoms with Crippen LogP contribution in [0, 0.1) is 0 Å². The summed E-state index contributed by atoms with van der Waals surface area (Å²) < 4.78 is 24.2. The third-order valence-corrected chi connectivity index (χ3v) is 4.22. The smallest absolute Gasteiger partial charge is 0.208 e. The van der Waals surface area contributed by atoms with E-state index in [2.05, 4.69) is 40.5 Å². The van der Waals surface area contributed by atoms with Crippen LogP contribution in [-0.2, 0) is 10.0 Å². The van der Waals surface area contributed by atoms with Crippen LogP contribution >= 0.6 is 11.8 Å². The number of nitrogens with zero attached hydrogens (tertiary/aromatic N) is 1. The number of sulfonamides is 1. The number of hydrogen-bond donors (Lipinski definition) is 3. The van der Waals surface area contributed by atoms with Crippen LogP contribution in [0.3, 0.4) is 0 Å². The van der Waals surface area contributed by atoms with Gasteiger partial charge in [0, 0.05) is 31.4 Å². The Balaban J connectivity index is 3.93. The Hall–Kier alpha value is -0.470. The van der Waals surface area contributed by atoms with Crippen molar-refractivity contribution in [3.05, 3.63) is 0 Å². The summed E-state index contributed by atoms with van der Waals surface area (Å²) in [7, 11) is -1.44. The van der Waals surface area contributed by atoms with Crippen molar-refractivity contribution in [1.29, 1.82) is 0 Å². The molecule has 0 heterocycles. The van der Waals surface area contributed by atoms with E-state index in [1.165, 1.54) is 0 Å². The summed E-state index contributed by atoms with van der Waals surface area (Å²) in [6.07, 6.45) is 3.20. The molecule has 3 N–H and O–H groups in total. The van der Waals surface area contributed by atoms with Crippen molar-refractivity contribution in [1.82, 2.24) is 15.4 Å². The lowest BCUT2D eigenvalue weighted by Gasteiger charge is -2.23. The van der Waals surface area contributed by atoms with E-state index in [0.717, 1.165) is 12.8 Å². The molecule has 0 unspecified atom stereocenters. The number of aliphatic imine (C=N–C) groups is 1. The molecule has 0 amide bonds. The normalized spacial score (nSPS) is 13.5. The quantitative estimate of drug-likeness (QED) is 0.345. The summed E-state index contributed by atoms with van der Waals surface area (Å²) in [4.78, 5) is 4.07. The molecule has 0 bridgehead atoms. The molecule has 0 atom stereocenters. The van der Waals surface area contributed by atoms with E-state index in [1.807, 2.05) is 0 Å². The van der Waals surface area contributed by atoms with Crippen LogP contribution in [0.25, 0.3) is 0 Å². The fourth-order valence-electron chi connectivity index (χ4n) is 1.01. The number of thioether (sulfide) groups is 1. The second kappa shape index (κ2) is 7.85. The average molecular weight is 296 g/mol. The van der Waals surface area contributed by atoms with E-state index < -0.39 is 10.0 Å². The first-order chi connectivity index (χ1) is 8.20. The SMILES string of the molecule is CN=C(NCCNS(C)(=O)=O)NCC(C)(C)SC. The zero-order chi connectivity index (χ0) is 14.2. The van der Waals surface area contributed by atoms with Gasteiger partial charge in [-0.25, -0.2) is 13.1 Å². The first-order valence-electron chi connectivity index (χ1n) is 5.64.